The fraction of sp³-hybridized carbons (Fsp3) is 0.400. The average Bonchev–Trinajstić information content (AvgIpc) is 2.81. The molecule has 0 amide bonds. The van der Waals surface area contributed by atoms with Gasteiger partial charge in [0.1, 0.15) is 17.5 Å². The summed E-state index contributed by atoms with van der Waals surface area (Å²) in [4.78, 5) is 4.26. The number of benzene rings is 1. The molecule has 0 bridgehead atoms. The molecule has 108 valence electrons. The van der Waals surface area contributed by atoms with Crippen molar-refractivity contribution in [3.63, 3.8) is 0 Å². The first-order valence-corrected chi connectivity index (χ1v) is 6.76. The van der Waals surface area contributed by atoms with Crippen molar-refractivity contribution in [1.29, 1.82) is 0 Å². The zero-order valence-electron chi connectivity index (χ0n) is 11.7. The van der Waals surface area contributed by atoms with Gasteiger partial charge in [-0.15, -0.1) is 0 Å². The largest absolute Gasteiger partial charge is 0.338 e. The second-order valence-corrected chi connectivity index (χ2v) is 4.77. The van der Waals surface area contributed by atoms with Crippen LogP contribution in [0, 0.1) is 11.6 Å². The minimum Gasteiger partial charge on any atom is -0.338 e. The first-order valence-electron chi connectivity index (χ1n) is 6.76. The third-order valence-corrected chi connectivity index (χ3v) is 3.37. The Labute approximate surface area is 117 Å². The zero-order chi connectivity index (χ0) is 14.5. The number of aromatic nitrogens is 2. The second-order valence-electron chi connectivity index (χ2n) is 4.77. The Morgan fingerprint density at radius 2 is 2.15 bits per heavy atom. The maximum atomic E-state index is 13.9. The van der Waals surface area contributed by atoms with Crippen LogP contribution in [0.2, 0.25) is 0 Å². The molecule has 20 heavy (non-hydrogen) atoms. The molecule has 1 N–H and O–H groups in total. The Balaban J connectivity index is 2.12. The molecule has 1 unspecified atom stereocenters. The predicted molar refractivity (Wildman–Crippen MR) is 74.3 cm³/mol. The topological polar surface area (TPSA) is 29.9 Å². The molecule has 0 aliphatic heterocycles. The van der Waals surface area contributed by atoms with Gasteiger partial charge in [-0.2, -0.15) is 0 Å². The van der Waals surface area contributed by atoms with Gasteiger partial charge in [-0.05, 0) is 19.0 Å². The van der Waals surface area contributed by atoms with E-state index in [1.54, 1.807) is 6.20 Å². The molecule has 0 aliphatic rings. The lowest BCUT2D eigenvalue weighted by Crippen LogP contribution is -2.23. The number of imidazole rings is 1. The SMILES string of the molecule is CCNC(CCc1nccn1C)c1ccc(F)cc1F. The zero-order valence-corrected chi connectivity index (χ0v) is 11.7. The first kappa shape index (κ1) is 14.7. The highest BCUT2D eigenvalue weighted by molar-refractivity contribution is 5.22. The van der Waals surface area contributed by atoms with E-state index in [1.165, 1.54) is 12.1 Å². The van der Waals surface area contributed by atoms with Crippen molar-refractivity contribution in [2.75, 3.05) is 6.54 Å². The summed E-state index contributed by atoms with van der Waals surface area (Å²) in [5.41, 5.74) is 0.502. The van der Waals surface area contributed by atoms with E-state index in [0.29, 0.717) is 12.0 Å². The van der Waals surface area contributed by atoms with E-state index >= 15 is 0 Å². The number of nitrogens with one attached hydrogen (secondary N) is 1. The third kappa shape index (κ3) is 3.42. The van der Waals surface area contributed by atoms with Gasteiger partial charge in [0.15, 0.2) is 0 Å². The van der Waals surface area contributed by atoms with Crippen LogP contribution in [-0.2, 0) is 13.5 Å². The smallest absolute Gasteiger partial charge is 0.130 e. The summed E-state index contributed by atoms with van der Waals surface area (Å²) >= 11 is 0. The van der Waals surface area contributed by atoms with Crippen molar-refractivity contribution >= 4 is 0 Å². The van der Waals surface area contributed by atoms with Gasteiger partial charge < -0.3 is 9.88 Å². The second kappa shape index (κ2) is 6.61. The lowest BCUT2D eigenvalue weighted by Gasteiger charge is -2.19. The van der Waals surface area contributed by atoms with Crippen molar-refractivity contribution in [1.82, 2.24) is 14.9 Å². The van der Waals surface area contributed by atoms with Gasteiger partial charge in [0, 0.05) is 43.5 Å². The van der Waals surface area contributed by atoms with Crippen LogP contribution in [0.4, 0.5) is 8.78 Å². The maximum Gasteiger partial charge on any atom is 0.130 e. The van der Waals surface area contributed by atoms with Crippen molar-refractivity contribution in [3.05, 3.63) is 53.6 Å². The van der Waals surface area contributed by atoms with E-state index in [9.17, 15) is 8.78 Å². The molecule has 0 fully saturated rings. The molecule has 0 aliphatic carbocycles. The van der Waals surface area contributed by atoms with Gasteiger partial charge in [-0.25, -0.2) is 13.8 Å². The first-order chi connectivity index (χ1) is 9.61. The molecule has 5 heteroatoms. The molecule has 0 saturated carbocycles. The van der Waals surface area contributed by atoms with Crippen molar-refractivity contribution in [2.24, 2.45) is 7.05 Å². The van der Waals surface area contributed by atoms with E-state index < -0.39 is 11.6 Å². The van der Waals surface area contributed by atoms with Gasteiger partial charge in [0.05, 0.1) is 0 Å². The summed E-state index contributed by atoms with van der Waals surface area (Å²) in [5, 5.41) is 3.24. The van der Waals surface area contributed by atoms with Crippen molar-refractivity contribution in [2.45, 2.75) is 25.8 Å². The van der Waals surface area contributed by atoms with Crippen LogP contribution in [-0.4, -0.2) is 16.1 Å². The van der Waals surface area contributed by atoms with Crippen molar-refractivity contribution < 1.29 is 8.78 Å². The molecule has 0 saturated heterocycles. The van der Waals surface area contributed by atoms with Gasteiger partial charge >= 0.3 is 0 Å². The summed E-state index contributed by atoms with van der Waals surface area (Å²) in [6.45, 7) is 2.69. The number of hydrogen-bond donors (Lipinski definition) is 1. The van der Waals surface area contributed by atoms with Crippen LogP contribution in [0.15, 0.2) is 30.6 Å². The van der Waals surface area contributed by atoms with Crippen LogP contribution < -0.4 is 5.32 Å². The lowest BCUT2D eigenvalue weighted by atomic mass is 10.0. The molecule has 1 aromatic heterocycles. The average molecular weight is 279 g/mol. The summed E-state index contributed by atoms with van der Waals surface area (Å²) in [6.07, 6.45) is 5.07. The molecule has 3 nitrogen and oxygen atoms in total. The standard InChI is InChI=1S/C15H19F2N3/c1-3-18-14(6-7-15-19-8-9-20(15)2)12-5-4-11(16)10-13(12)17/h4-5,8-10,14,18H,3,6-7H2,1-2H3. The van der Waals surface area contributed by atoms with Crippen molar-refractivity contribution in [3.8, 4) is 0 Å². The number of hydrogen-bond acceptors (Lipinski definition) is 2. The summed E-state index contributed by atoms with van der Waals surface area (Å²) in [6, 6.07) is 3.60. The molecule has 2 aromatic rings. The van der Waals surface area contributed by atoms with Gasteiger partial charge in [0.2, 0.25) is 0 Å². The van der Waals surface area contributed by atoms with Crippen LogP contribution >= 0.6 is 0 Å². The fourth-order valence-electron chi connectivity index (χ4n) is 2.31. The van der Waals surface area contributed by atoms with Crippen LogP contribution in [0.25, 0.3) is 0 Å². The van der Waals surface area contributed by atoms with E-state index in [4.69, 9.17) is 0 Å². The van der Waals surface area contributed by atoms with Gasteiger partial charge in [0.25, 0.3) is 0 Å². The Kier molecular flexibility index (Phi) is 4.84. The molecule has 0 spiro atoms. The summed E-state index contributed by atoms with van der Waals surface area (Å²) in [7, 11) is 1.93. The Morgan fingerprint density at radius 1 is 1.35 bits per heavy atom. The number of aryl methyl sites for hydroxylation is 2. The maximum absolute atomic E-state index is 13.9. The predicted octanol–water partition coefficient (Wildman–Crippen LogP) is 2.98. The van der Waals surface area contributed by atoms with E-state index in [1.807, 2.05) is 24.7 Å². The Morgan fingerprint density at radius 3 is 2.75 bits per heavy atom. The molecule has 2 rings (SSSR count). The third-order valence-electron chi connectivity index (χ3n) is 3.37. The molecule has 0 radical (unpaired) electrons. The highest BCUT2D eigenvalue weighted by Gasteiger charge is 2.16. The molecule has 1 atom stereocenters. The van der Waals surface area contributed by atoms with Gasteiger partial charge in [-0.1, -0.05) is 13.0 Å². The fourth-order valence-corrected chi connectivity index (χ4v) is 2.31. The van der Waals surface area contributed by atoms with E-state index in [-0.39, 0.29) is 6.04 Å². The van der Waals surface area contributed by atoms with E-state index in [0.717, 1.165) is 24.9 Å². The highest BCUT2D eigenvalue weighted by atomic mass is 19.1. The molecular weight excluding hydrogens is 260 g/mol. The summed E-state index contributed by atoms with van der Waals surface area (Å²) in [5.74, 6) is -0.100. The Hall–Kier alpha value is -1.75. The monoisotopic (exact) mass is 279 g/mol. The van der Waals surface area contributed by atoms with E-state index in [2.05, 4.69) is 10.3 Å². The van der Waals surface area contributed by atoms with Crippen LogP contribution in [0.3, 0.4) is 0 Å². The molecular formula is C15H19F2N3. The normalized spacial score (nSPS) is 12.6. The molecule has 1 heterocycles. The highest BCUT2D eigenvalue weighted by Crippen LogP contribution is 2.22. The lowest BCUT2D eigenvalue weighted by molar-refractivity contribution is 0.474. The van der Waals surface area contributed by atoms with Crippen LogP contribution in [0.1, 0.15) is 30.8 Å². The van der Waals surface area contributed by atoms with Crippen LogP contribution in [0.5, 0.6) is 0 Å². The Bertz CT molecular complexity index is 566. The number of nitrogens with zero attached hydrogens (tertiary/aromatic N) is 2. The number of rotatable bonds is 6. The summed E-state index contributed by atoms with van der Waals surface area (Å²) < 4.78 is 28.8. The number of halogens is 2. The van der Waals surface area contributed by atoms with Gasteiger partial charge in [-0.3, -0.25) is 0 Å². The quantitative estimate of drug-likeness (QED) is 0.881. The minimum absolute atomic E-state index is 0.141. The molecule has 1 aromatic carbocycles. The minimum atomic E-state index is -0.550.